The first kappa shape index (κ1) is 23.1. The van der Waals surface area contributed by atoms with Crippen molar-refractivity contribution in [2.45, 2.75) is 32.2 Å². The first-order chi connectivity index (χ1) is 15.7. The molecule has 1 heterocycles. The fraction of sp³-hybridized carbons (Fsp3) is 0.375. The van der Waals surface area contributed by atoms with Gasteiger partial charge in [0.15, 0.2) is 5.96 Å². The molecular formula is C24H31N5O3. The third-order valence-corrected chi connectivity index (χ3v) is 5.02. The Morgan fingerprint density at radius 3 is 2.25 bits per heavy atom. The lowest BCUT2D eigenvalue weighted by molar-refractivity contribution is 0.374. The molecule has 32 heavy (non-hydrogen) atoms. The number of unbranched alkanes of at least 4 members (excludes halogenated alkanes) is 2. The van der Waals surface area contributed by atoms with Crippen LogP contribution in [0.1, 0.15) is 30.7 Å². The molecule has 0 aliphatic heterocycles. The van der Waals surface area contributed by atoms with Crippen molar-refractivity contribution in [3.63, 3.8) is 0 Å². The highest BCUT2D eigenvalue weighted by Gasteiger charge is 2.08. The summed E-state index contributed by atoms with van der Waals surface area (Å²) in [6.45, 7) is 1.56. The molecule has 3 aromatic rings. The first-order valence-electron chi connectivity index (χ1n) is 10.8. The Labute approximate surface area is 189 Å². The summed E-state index contributed by atoms with van der Waals surface area (Å²) in [4.78, 5) is 8.76. The number of rotatable bonds is 11. The maximum atomic E-state index is 5.38. The molecule has 0 bridgehead atoms. The summed E-state index contributed by atoms with van der Waals surface area (Å²) in [5, 5.41) is 10.7. The summed E-state index contributed by atoms with van der Waals surface area (Å²) in [5.41, 5.74) is 2.08. The van der Waals surface area contributed by atoms with E-state index < -0.39 is 0 Å². The lowest BCUT2D eigenvalue weighted by Gasteiger charge is -2.12. The van der Waals surface area contributed by atoms with Crippen molar-refractivity contribution < 1.29 is 14.0 Å². The molecule has 3 rings (SSSR count). The van der Waals surface area contributed by atoms with Gasteiger partial charge in [0, 0.05) is 32.1 Å². The van der Waals surface area contributed by atoms with Crippen LogP contribution in [-0.2, 0) is 13.0 Å². The molecule has 0 amide bonds. The molecule has 170 valence electrons. The number of aryl methyl sites for hydroxylation is 1. The molecule has 8 nitrogen and oxygen atoms in total. The van der Waals surface area contributed by atoms with Crippen LogP contribution in [0.25, 0.3) is 11.4 Å². The van der Waals surface area contributed by atoms with Crippen molar-refractivity contribution in [3.05, 3.63) is 60.0 Å². The maximum absolute atomic E-state index is 5.38. The summed E-state index contributed by atoms with van der Waals surface area (Å²) in [5.74, 6) is 3.73. The Hall–Kier alpha value is -3.55. The van der Waals surface area contributed by atoms with E-state index in [0.29, 0.717) is 18.3 Å². The second kappa shape index (κ2) is 12.3. The normalized spacial score (nSPS) is 11.3. The van der Waals surface area contributed by atoms with E-state index in [1.807, 2.05) is 48.5 Å². The largest absolute Gasteiger partial charge is 0.497 e. The molecule has 2 aromatic carbocycles. The summed E-state index contributed by atoms with van der Waals surface area (Å²) in [7, 11) is 5.09. The van der Waals surface area contributed by atoms with Gasteiger partial charge in [-0.1, -0.05) is 23.7 Å². The molecule has 1 aromatic heterocycles. The van der Waals surface area contributed by atoms with Gasteiger partial charge in [0.1, 0.15) is 11.5 Å². The minimum absolute atomic E-state index is 0.607. The minimum Gasteiger partial charge on any atom is -0.497 e. The van der Waals surface area contributed by atoms with Crippen molar-refractivity contribution in [1.82, 2.24) is 20.8 Å². The van der Waals surface area contributed by atoms with Crippen molar-refractivity contribution in [1.29, 1.82) is 0 Å². The minimum atomic E-state index is 0.607. The quantitative estimate of drug-likeness (QED) is 0.267. The predicted octanol–water partition coefficient (Wildman–Crippen LogP) is 3.83. The van der Waals surface area contributed by atoms with Crippen molar-refractivity contribution in [3.8, 4) is 22.9 Å². The van der Waals surface area contributed by atoms with Crippen LogP contribution in [-0.4, -0.2) is 43.9 Å². The number of ether oxygens (including phenoxy) is 2. The summed E-state index contributed by atoms with van der Waals surface area (Å²) in [6, 6.07) is 15.6. The molecule has 0 spiro atoms. The van der Waals surface area contributed by atoms with E-state index in [4.69, 9.17) is 14.0 Å². The van der Waals surface area contributed by atoms with Gasteiger partial charge in [-0.25, -0.2) is 0 Å². The summed E-state index contributed by atoms with van der Waals surface area (Å²) in [6.07, 6.45) is 3.85. The molecule has 0 atom stereocenters. The second-order valence-corrected chi connectivity index (χ2v) is 7.25. The first-order valence-corrected chi connectivity index (χ1v) is 10.8. The van der Waals surface area contributed by atoms with Gasteiger partial charge < -0.3 is 24.6 Å². The van der Waals surface area contributed by atoms with Crippen LogP contribution in [0.4, 0.5) is 0 Å². The van der Waals surface area contributed by atoms with Crippen molar-refractivity contribution in [2.75, 3.05) is 27.8 Å². The zero-order chi connectivity index (χ0) is 22.6. The van der Waals surface area contributed by atoms with E-state index in [1.165, 1.54) is 5.56 Å². The Morgan fingerprint density at radius 2 is 1.59 bits per heavy atom. The van der Waals surface area contributed by atoms with E-state index in [0.717, 1.165) is 55.3 Å². The van der Waals surface area contributed by atoms with Gasteiger partial charge in [0.2, 0.25) is 11.7 Å². The number of benzene rings is 2. The average Bonchev–Trinajstić information content (AvgIpc) is 3.32. The van der Waals surface area contributed by atoms with E-state index in [-0.39, 0.29) is 0 Å². The number of aromatic nitrogens is 2. The van der Waals surface area contributed by atoms with Gasteiger partial charge in [-0.2, -0.15) is 4.98 Å². The second-order valence-electron chi connectivity index (χ2n) is 7.25. The van der Waals surface area contributed by atoms with Crippen LogP contribution in [0.5, 0.6) is 11.5 Å². The lowest BCUT2D eigenvalue weighted by atomic mass is 10.2. The number of guanidine groups is 1. The molecule has 0 unspecified atom stereocenters. The zero-order valence-corrected chi connectivity index (χ0v) is 18.9. The molecule has 0 aliphatic carbocycles. The highest BCUT2D eigenvalue weighted by Crippen LogP contribution is 2.20. The number of nitrogens with one attached hydrogen (secondary N) is 2. The number of nitrogens with zero attached hydrogens (tertiary/aromatic N) is 3. The van der Waals surface area contributed by atoms with Gasteiger partial charge in [0.05, 0.1) is 14.2 Å². The molecule has 0 saturated heterocycles. The lowest BCUT2D eigenvalue weighted by Crippen LogP contribution is -2.37. The molecular weight excluding hydrogens is 406 g/mol. The van der Waals surface area contributed by atoms with Crippen LogP contribution >= 0.6 is 0 Å². The van der Waals surface area contributed by atoms with Gasteiger partial charge in [-0.3, -0.25) is 4.99 Å². The Kier molecular flexibility index (Phi) is 8.92. The molecule has 0 saturated carbocycles. The van der Waals surface area contributed by atoms with Crippen LogP contribution in [0.15, 0.2) is 58.0 Å². The standard InChI is InChI=1S/C24H31N5O3/c1-25-24(27-17-18-8-12-20(30-2)13-9-18)26-16-6-4-5-7-22-28-23(29-32-22)19-10-14-21(31-3)15-11-19/h8-15H,4-7,16-17H2,1-3H3,(H2,25,26,27). The Bertz CT molecular complexity index is 968. The van der Waals surface area contributed by atoms with E-state index >= 15 is 0 Å². The Morgan fingerprint density at radius 1 is 0.906 bits per heavy atom. The van der Waals surface area contributed by atoms with Gasteiger partial charge in [0.25, 0.3) is 0 Å². The number of methoxy groups -OCH3 is 2. The molecule has 2 N–H and O–H groups in total. The van der Waals surface area contributed by atoms with Crippen molar-refractivity contribution >= 4 is 5.96 Å². The van der Waals surface area contributed by atoms with Crippen LogP contribution in [0, 0.1) is 0 Å². The number of hydrogen-bond acceptors (Lipinski definition) is 6. The fourth-order valence-electron chi connectivity index (χ4n) is 3.15. The summed E-state index contributed by atoms with van der Waals surface area (Å²) < 4.78 is 15.7. The molecule has 0 radical (unpaired) electrons. The van der Waals surface area contributed by atoms with E-state index in [1.54, 1.807) is 21.3 Å². The van der Waals surface area contributed by atoms with Gasteiger partial charge >= 0.3 is 0 Å². The van der Waals surface area contributed by atoms with Crippen LogP contribution < -0.4 is 20.1 Å². The third-order valence-electron chi connectivity index (χ3n) is 5.02. The number of aliphatic imine (C=N–C) groups is 1. The topological polar surface area (TPSA) is 93.8 Å². The molecule has 8 heteroatoms. The number of hydrogen-bond donors (Lipinski definition) is 2. The van der Waals surface area contributed by atoms with Gasteiger partial charge in [-0.05, 0) is 54.8 Å². The smallest absolute Gasteiger partial charge is 0.226 e. The zero-order valence-electron chi connectivity index (χ0n) is 18.9. The van der Waals surface area contributed by atoms with Crippen molar-refractivity contribution in [2.24, 2.45) is 4.99 Å². The van der Waals surface area contributed by atoms with Crippen LogP contribution in [0.2, 0.25) is 0 Å². The molecule has 0 aliphatic rings. The molecule has 0 fully saturated rings. The Balaban J connectivity index is 1.31. The predicted molar refractivity (Wildman–Crippen MR) is 125 cm³/mol. The maximum Gasteiger partial charge on any atom is 0.226 e. The third kappa shape index (κ3) is 7.01. The SMILES string of the molecule is CN=C(NCCCCCc1nc(-c2ccc(OC)cc2)no1)NCc1ccc(OC)cc1. The monoisotopic (exact) mass is 437 g/mol. The average molecular weight is 438 g/mol. The van der Waals surface area contributed by atoms with Gasteiger partial charge in [-0.15, -0.1) is 0 Å². The van der Waals surface area contributed by atoms with E-state index in [2.05, 4.69) is 25.8 Å². The highest BCUT2D eigenvalue weighted by atomic mass is 16.5. The van der Waals surface area contributed by atoms with E-state index in [9.17, 15) is 0 Å². The summed E-state index contributed by atoms with van der Waals surface area (Å²) >= 11 is 0. The van der Waals surface area contributed by atoms with Crippen LogP contribution in [0.3, 0.4) is 0 Å². The fourth-order valence-corrected chi connectivity index (χ4v) is 3.15. The highest BCUT2D eigenvalue weighted by molar-refractivity contribution is 5.79.